The second-order valence-electron chi connectivity index (χ2n) is 3.04. The molecule has 1 aromatic carbocycles. The molecule has 0 N–H and O–H groups in total. The zero-order chi connectivity index (χ0) is 13.2. The third-order valence-corrected chi connectivity index (χ3v) is 2.22. The summed E-state index contributed by atoms with van der Waals surface area (Å²) in [5, 5.41) is 8.75. The number of carbonyl (C=O) groups is 1. The van der Waals surface area contributed by atoms with Crippen LogP contribution in [0.4, 0.5) is 13.2 Å². The maximum atomic E-state index is 12.1. The second-order valence-corrected chi connectivity index (χ2v) is 3.96. The molecule has 7 heteroatoms. The van der Waals surface area contributed by atoms with Crippen LogP contribution in [0, 0.1) is 11.3 Å². The SMILES string of the molecule is CC(=O)c1c(C#N)cc(Br)cc1OC(F)(F)F. The summed E-state index contributed by atoms with van der Waals surface area (Å²) in [6.45, 7) is 1.06. The van der Waals surface area contributed by atoms with Gasteiger partial charge >= 0.3 is 6.36 Å². The second kappa shape index (κ2) is 4.75. The Hall–Kier alpha value is -1.55. The van der Waals surface area contributed by atoms with Gasteiger partial charge in [0.05, 0.1) is 11.1 Å². The topological polar surface area (TPSA) is 50.1 Å². The first kappa shape index (κ1) is 13.5. The van der Waals surface area contributed by atoms with Gasteiger partial charge in [0.1, 0.15) is 11.8 Å². The molecule has 0 aliphatic rings. The van der Waals surface area contributed by atoms with Crippen molar-refractivity contribution in [2.75, 3.05) is 0 Å². The van der Waals surface area contributed by atoms with Gasteiger partial charge < -0.3 is 4.74 Å². The molecule has 0 bridgehead atoms. The minimum absolute atomic E-state index is 0.175. The van der Waals surface area contributed by atoms with Crippen LogP contribution in [-0.2, 0) is 0 Å². The summed E-state index contributed by atoms with van der Waals surface area (Å²) in [4.78, 5) is 11.2. The highest BCUT2D eigenvalue weighted by atomic mass is 79.9. The zero-order valence-electron chi connectivity index (χ0n) is 8.43. The molecule has 0 fully saturated rings. The lowest BCUT2D eigenvalue weighted by molar-refractivity contribution is -0.274. The number of nitriles is 1. The number of nitrogens with zero attached hydrogens (tertiary/aromatic N) is 1. The smallest absolute Gasteiger partial charge is 0.405 e. The maximum Gasteiger partial charge on any atom is 0.573 e. The largest absolute Gasteiger partial charge is 0.573 e. The van der Waals surface area contributed by atoms with Crippen LogP contribution in [0.1, 0.15) is 22.8 Å². The molecule has 0 spiro atoms. The van der Waals surface area contributed by atoms with Gasteiger partial charge in [-0.05, 0) is 19.1 Å². The van der Waals surface area contributed by atoms with E-state index in [4.69, 9.17) is 5.26 Å². The summed E-state index contributed by atoms with van der Waals surface area (Å²) in [5.74, 6) is -1.36. The van der Waals surface area contributed by atoms with Crippen LogP contribution in [-0.4, -0.2) is 12.1 Å². The molecular formula is C10H5BrF3NO2. The molecule has 0 saturated heterocycles. The highest BCUT2D eigenvalue weighted by Gasteiger charge is 2.33. The van der Waals surface area contributed by atoms with Gasteiger partial charge in [-0.3, -0.25) is 4.79 Å². The number of carbonyl (C=O) groups excluding carboxylic acids is 1. The molecule has 0 amide bonds. The number of hydrogen-bond donors (Lipinski definition) is 0. The van der Waals surface area contributed by atoms with Gasteiger partial charge in [0.15, 0.2) is 5.78 Å². The Labute approximate surface area is 103 Å². The Morgan fingerprint density at radius 2 is 2.06 bits per heavy atom. The van der Waals surface area contributed by atoms with E-state index in [1.807, 2.05) is 0 Å². The number of halogens is 4. The molecule has 0 unspecified atom stereocenters. The number of hydrogen-bond acceptors (Lipinski definition) is 3. The van der Waals surface area contributed by atoms with Gasteiger partial charge in [0.2, 0.25) is 0 Å². The molecule has 0 atom stereocenters. The number of Topliss-reactive ketones (excluding diaryl/α,β-unsaturated/α-hetero) is 1. The Morgan fingerprint density at radius 3 is 2.47 bits per heavy atom. The lowest BCUT2D eigenvalue weighted by Crippen LogP contribution is -2.19. The van der Waals surface area contributed by atoms with Crippen molar-refractivity contribution < 1.29 is 22.7 Å². The van der Waals surface area contributed by atoms with Crippen LogP contribution in [0.25, 0.3) is 0 Å². The minimum Gasteiger partial charge on any atom is -0.405 e. The molecular weight excluding hydrogens is 303 g/mol. The van der Waals surface area contributed by atoms with Gasteiger partial charge in [-0.1, -0.05) is 15.9 Å². The molecule has 1 aromatic rings. The average Bonchev–Trinajstić information content (AvgIpc) is 2.12. The Kier molecular flexibility index (Phi) is 3.78. The lowest BCUT2D eigenvalue weighted by atomic mass is 10.0. The number of ether oxygens (including phenoxy) is 1. The first-order valence-corrected chi connectivity index (χ1v) is 5.04. The fourth-order valence-corrected chi connectivity index (χ4v) is 1.68. The molecule has 1 rings (SSSR count). The summed E-state index contributed by atoms with van der Waals surface area (Å²) in [7, 11) is 0. The van der Waals surface area contributed by atoms with E-state index in [-0.39, 0.29) is 15.6 Å². The van der Waals surface area contributed by atoms with Crippen LogP contribution >= 0.6 is 15.9 Å². The van der Waals surface area contributed by atoms with Crippen molar-refractivity contribution >= 4 is 21.7 Å². The molecule has 0 aliphatic heterocycles. The van der Waals surface area contributed by atoms with Crippen LogP contribution in [0.3, 0.4) is 0 Å². The number of ketones is 1. The van der Waals surface area contributed by atoms with Crippen LogP contribution in [0.5, 0.6) is 5.75 Å². The third kappa shape index (κ3) is 3.46. The van der Waals surface area contributed by atoms with E-state index >= 15 is 0 Å². The van der Waals surface area contributed by atoms with Crippen molar-refractivity contribution in [1.82, 2.24) is 0 Å². The fraction of sp³-hybridized carbons (Fsp3) is 0.200. The quantitative estimate of drug-likeness (QED) is 0.787. The molecule has 17 heavy (non-hydrogen) atoms. The maximum absolute atomic E-state index is 12.1. The van der Waals surface area contributed by atoms with Gasteiger partial charge in [0, 0.05) is 4.47 Å². The monoisotopic (exact) mass is 307 g/mol. The summed E-state index contributed by atoms with van der Waals surface area (Å²) in [5.41, 5.74) is -0.556. The van der Waals surface area contributed by atoms with Gasteiger partial charge in [-0.25, -0.2) is 0 Å². The highest BCUT2D eigenvalue weighted by Crippen LogP contribution is 2.32. The van der Waals surface area contributed by atoms with Gasteiger partial charge in [-0.15, -0.1) is 13.2 Å². The number of rotatable bonds is 2. The predicted octanol–water partition coefficient (Wildman–Crippen LogP) is 3.42. The van der Waals surface area contributed by atoms with E-state index in [9.17, 15) is 18.0 Å². The molecule has 90 valence electrons. The van der Waals surface area contributed by atoms with E-state index in [2.05, 4.69) is 20.7 Å². The normalized spacial score (nSPS) is 10.8. The van der Waals surface area contributed by atoms with Crippen molar-refractivity contribution in [3.63, 3.8) is 0 Å². The Morgan fingerprint density at radius 1 is 1.47 bits per heavy atom. The summed E-state index contributed by atoms with van der Waals surface area (Å²) in [6.07, 6.45) is -4.92. The first-order chi connectivity index (χ1) is 7.74. The summed E-state index contributed by atoms with van der Waals surface area (Å²) >= 11 is 2.93. The summed E-state index contributed by atoms with van der Waals surface area (Å²) in [6, 6.07) is 3.89. The first-order valence-electron chi connectivity index (χ1n) is 4.25. The number of alkyl halides is 3. The van der Waals surface area contributed by atoms with Gasteiger partial charge in [0.25, 0.3) is 0 Å². The van der Waals surface area contributed by atoms with Crippen LogP contribution in [0.15, 0.2) is 16.6 Å². The highest BCUT2D eigenvalue weighted by molar-refractivity contribution is 9.10. The Bertz CT molecular complexity index is 505. The van der Waals surface area contributed by atoms with Crippen molar-refractivity contribution in [3.8, 4) is 11.8 Å². The standard InChI is InChI=1S/C10H5BrF3NO2/c1-5(16)9-6(4-15)2-7(11)3-8(9)17-10(12,13)14/h2-3H,1H3. The zero-order valence-corrected chi connectivity index (χ0v) is 10.0. The fourth-order valence-electron chi connectivity index (χ4n) is 1.24. The molecule has 0 radical (unpaired) electrons. The predicted molar refractivity (Wildman–Crippen MR) is 55.5 cm³/mol. The molecule has 3 nitrogen and oxygen atoms in total. The van der Waals surface area contributed by atoms with Crippen LogP contribution in [0.2, 0.25) is 0 Å². The van der Waals surface area contributed by atoms with Crippen molar-refractivity contribution in [3.05, 3.63) is 27.7 Å². The summed E-state index contributed by atoms with van der Waals surface area (Å²) < 4.78 is 40.3. The van der Waals surface area contributed by atoms with Crippen molar-refractivity contribution in [1.29, 1.82) is 5.26 Å². The minimum atomic E-state index is -4.92. The van der Waals surface area contributed by atoms with Crippen molar-refractivity contribution in [2.45, 2.75) is 13.3 Å². The lowest BCUT2D eigenvalue weighted by Gasteiger charge is -2.13. The molecule has 0 saturated carbocycles. The Balaban J connectivity index is 3.42. The molecule has 0 aromatic heterocycles. The third-order valence-electron chi connectivity index (χ3n) is 1.77. The van der Waals surface area contributed by atoms with E-state index in [1.54, 1.807) is 6.07 Å². The van der Waals surface area contributed by atoms with Gasteiger partial charge in [-0.2, -0.15) is 5.26 Å². The van der Waals surface area contributed by atoms with E-state index in [1.165, 1.54) is 6.07 Å². The number of benzene rings is 1. The van der Waals surface area contributed by atoms with E-state index in [0.717, 1.165) is 13.0 Å². The van der Waals surface area contributed by atoms with Crippen LogP contribution < -0.4 is 4.74 Å². The van der Waals surface area contributed by atoms with E-state index < -0.39 is 17.9 Å². The van der Waals surface area contributed by atoms with E-state index in [0.29, 0.717) is 0 Å². The van der Waals surface area contributed by atoms with Crippen molar-refractivity contribution in [2.24, 2.45) is 0 Å². The molecule has 0 heterocycles. The average molecular weight is 308 g/mol. The molecule has 0 aliphatic carbocycles.